The summed E-state index contributed by atoms with van der Waals surface area (Å²) < 4.78 is 0. The first kappa shape index (κ1) is 11.2. The van der Waals surface area contributed by atoms with E-state index >= 15 is 0 Å². The van der Waals surface area contributed by atoms with Gasteiger partial charge >= 0.3 is 0 Å². The molecule has 1 N–H and O–H groups in total. The zero-order chi connectivity index (χ0) is 12.3. The van der Waals surface area contributed by atoms with Crippen LogP contribution in [0.2, 0.25) is 0 Å². The highest BCUT2D eigenvalue weighted by molar-refractivity contribution is 5.64. The predicted octanol–water partition coefficient (Wildman–Crippen LogP) is 2.55. The van der Waals surface area contributed by atoms with Gasteiger partial charge in [-0.25, -0.2) is 0 Å². The van der Waals surface area contributed by atoms with Crippen molar-refractivity contribution in [3.8, 4) is 11.8 Å². The Morgan fingerprint density at radius 3 is 2.82 bits per heavy atom. The van der Waals surface area contributed by atoms with Crippen molar-refractivity contribution in [1.82, 2.24) is 15.2 Å². The molecular weight excluding hydrogens is 210 g/mol. The van der Waals surface area contributed by atoms with Crippen molar-refractivity contribution in [2.45, 2.75) is 13.8 Å². The van der Waals surface area contributed by atoms with Crippen LogP contribution in [0.5, 0.6) is 0 Å². The lowest BCUT2D eigenvalue weighted by Gasteiger charge is -1.94. The van der Waals surface area contributed by atoms with E-state index in [0.717, 1.165) is 28.0 Å². The zero-order valence-electron chi connectivity index (χ0n) is 9.91. The van der Waals surface area contributed by atoms with Crippen molar-refractivity contribution in [2.75, 3.05) is 0 Å². The number of aromatic amines is 1. The van der Waals surface area contributed by atoms with Crippen LogP contribution < -0.4 is 0 Å². The van der Waals surface area contributed by atoms with Gasteiger partial charge in [0.25, 0.3) is 0 Å². The number of pyridine rings is 1. The third kappa shape index (κ3) is 2.61. The highest BCUT2D eigenvalue weighted by atomic mass is 15.1. The summed E-state index contributed by atoms with van der Waals surface area (Å²) in [4.78, 5) is 4.10. The fourth-order valence-corrected chi connectivity index (χ4v) is 1.47. The molecule has 0 unspecified atom stereocenters. The second-order valence-corrected chi connectivity index (χ2v) is 3.94. The number of hydrogen-bond acceptors (Lipinski definition) is 2. The van der Waals surface area contributed by atoms with Gasteiger partial charge in [-0.3, -0.25) is 10.1 Å². The number of H-pyrrole nitrogens is 1. The van der Waals surface area contributed by atoms with Crippen LogP contribution in [-0.4, -0.2) is 15.2 Å². The average molecular weight is 223 g/mol. The predicted molar refractivity (Wildman–Crippen MR) is 68.2 cm³/mol. The Kier molecular flexibility index (Phi) is 3.06. The lowest BCUT2D eigenvalue weighted by Crippen LogP contribution is -1.83. The molecule has 0 spiro atoms. The maximum atomic E-state index is 4.10. The molecule has 0 aliphatic heterocycles. The van der Waals surface area contributed by atoms with E-state index in [1.54, 1.807) is 12.4 Å². The zero-order valence-corrected chi connectivity index (χ0v) is 9.91. The molecule has 0 bridgehead atoms. The first-order valence-electron chi connectivity index (χ1n) is 5.30. The number of hydrogen-bond donors (Lipinski definition) is 1. The molecule has 3 nitrogen and oxygen atoms in total. The van der Waals surface area contributed by atoms with Crippen LogP contribution in [0.4, 0.5) is 0 Å². The molecule has 0 aliphatic rings. The van der Waals surface area contributed by atoms with Crippen LogP contribution >= 0.6 is 0 Å². The van der Waals surface area contributed by atoms with Crippen molar-refractivity contribution in [3.63, 3.8) is 0 Å². The Morgan fingerprint density at radius 1 is 1.29 bits per heavy atom. The van der Waals surface area contributed by atoms with E-state index in [4.69, 9.17) is 0 Å². The van der Waals surface area contributed by atoms with Crippen LogP contribution in [0.1, 0.15) is 29.3 Å². The molecule has 2 rings (SSSR count). The van der Waals surface area contributed by atoms with Crippen LogP contribution in [0.25, 0.3) is 5.57 Å². The Bertz CT molecular complexity index is 612. The molecule has 0 saturated carbocycles. The van der Waals surface area contributed by atoms with Crippen molar-refractivity contribution in [1.29, 1.82) is 0 Å². The summed E-state index contributed by atoms with van der Waals surface area (Å²) in [6.45, 7) is 7.79. The summed E-state index contributed by atoms with van der Waals surface area (Å²) >= 11 is 0. The number of allylic oxidation sites excluding steroid dienone is 1. The monoisotopic (exact) mass is 223 g/mol. The third-order valence-electron chi connectivity index (χ3n) is 2.28. The SMILES string of the molecule is C=C(C)c1[nH]ncc1C#Cc1cncc(C)c1. The molecule has 0 amide bonds. The Morgan fingerprint density at radius 2 is 2.12 bits per heavy atom. The molecule has 2 aromatic heterocycles. The minimum absolute atomic E-state index is 0.860. The van der Waals surface area contributed by atoms with Crippen molar-refractivity contribution in [3.05, 3.63) is 53.6 Å². The summed E-state index contributed by atoms with van der Waals surface area (Å²) in [6, 6.07) is 2.00. The van der Waals surface area contributed by atoms with Crippen LogP contribution in [0.3, 0.4) is 0 Å². The van der Waals surface area contributed by atoms with Gasteiger partial charge in [0.15, 0.2) is 0 Å². The molecule has 84 valence electrons. The maximum Gasteiger partial charge on any atom is 0.0757 e. The van der Waals surface area contributed by atoms with Gasteiger partial charge in [-0.05, 0) is 31.1 Å². The molecule has 17 heavy (non-hydrogen) atoms. The van der Waals surface area contributed by atoms with Crippen LogP contribution in [-0.2, 0) is 0 Å². The first-order valence-corrected chi connectivity index (χ1v) is 5.30. The Hall–Kier alpha value is -2.34. The number of nitrogens with zero attached hydrogens (tertiary/aromatic N) is 2. The Balaban J connectivity index is 2.33. The molecule has 0 radical (unpaired) electrons. The lowest BCUT2D eigenvalue weighted by molar-refractivity contribution is 1.07. The highest BCUT2D eigenvalue weighted by Gasteiger charge is 2.01. The average Bonchev–Trinajstić information content (AvgIpc) is 2.74. The second kappa shape index (κ2) is 4.67. The summed E-state index contributed by atoms with van der Waals surface area (Å²) in [6.07, 6.45) is 5.27. The van der Waals surface area contributed by atoms with Gasteiger partial charge < -0.3 is 0 Å². The minimum atomic E-state index is 0.860. The first-order chi connectivity index (χ1) is 8.16. The quantitative estimate of drug-likeness (QED) is 0.755. The van der Waals surface area contributed by atoms with E-state index in [1.165, 1.54) is 0 Å². The largest absolute Gasteiger partial charge is 0.277 e. The molecule has 3 heteroatoms. The smallest absolute Gasteiger partial charge is 0.0757 e. The number of rotatable bonds is 1. The van der Waals surface area contributed by atoms with Crippen molar-refractivity contribution < 1.29 is 0 Å². The van der Waals surface area contributed by atoms with Gasteiger partial charge in [-0.1, -0.05) is 18.4 Å². The summed E-state index contributed by atoms with van der Waals surface area (Å²) in [5.41, 5.74) is 4.68. The van der Waals surface area contributed by atoms with Crippen molar-refractivity contribution >= 4 is 5.57 Å². The van der Waals surface area contributed by atoms with Crippen LogP contribution in [0, 0.1) is 18.8 Å². The molecule has 2 heterocycles. The molecular formula is C14H13N3. The van der Waals surface area contributed by atoms with E-state index < -0.39 is 0 Å². The van der Waals surface area contributed by atoms with E-state index in [-0.39, 0.29) is 0 Å². The van der Waals surface area contributed by atoms with Crippen LogP contribution in [0.15, 0.2) is 31.2 Å². The number of aryl methyl sites for hydroxylation is 1. The van der Waals surface area contributed by atoms with Gasteiger partial charge in [0, 0.05) is 18.0 Å². The Labute approximate surface area is 101 Å². The fourth-order valence-electron chi connectivity index (χ4n) is 1.47. The molecule has 0 aromatic carbocycles. The summed E-state index contributed by atoms with van der Waals surface area (Å²) in [5.74, 6) is 6.14. The summed E-state index contributed by atoms with van der Waals surface area (Å²) in [5, 5.41) is 6.85. The topological polar surface area (TPSA) is 41.6 Å². The van der Waals surface area contributed by atoms with Gasteiger partial charge in [0.2, 0.25) is 0 Å². The fraction of sp³-hybridized carbons (Fsp3) is 0.143. The number of nitrogens with one attached hydrogen (secondary N) is 1. The van der Waals surface area contributed by atoms with Gasteiger partial charge in [-0.15, -0.1) is 0 Å². The van der Waals surface area contributed by atoms with E-state index in [2.05, 4.69) is 33.6 Å². The molecule has 0 fully saturated rings. The van der Waals surface area contributed by atoms with Crippen molar-refractivity contribution in [2.24, 2.45) is 0 Å². The molecule has 0 aliphatic carbocycles. The van der Waals surface area contributed by atoms with E-state index in [9.17, 15) is 0 Å². The van der Waals surface area contributed by atoms with E-state index in [0.29, 0.717) is 0 Å². The highest BCUT2D eigenvalue weighted by Crippen LogP contribution is 2.12. The van der Waals surface area contributed by atoms with Gasteiger partial charge in [-0.2, -0.15) is 5.10 Å². The van der Waals surface area contributed by atoms with Gasteiger partial charge in [0.1, 0.15) is 0 Å². The molecule has 0 saturated heterocycles. The minimum Gasteiger partial charge on any atom is -0.277 e. The molecule has 2 aromatic rings. The van der Waals surface area contributed by atoms with Gasteiger partial charge in [0.05, 0.1) is 17.5 Å². The number of aromatic nitrogens is 3. The van der Waals surface area contributed by atoms with E-state index in [1.807, 2.05) is 26.1 Å². The summed E-state index contributed by atoms with van der Waals surface area (Å²) in [7, 11) is 0. The lowest BCUT2D eigenvalue weighted by atomic mass is 10.1. The maximum absolute atomic E-state index is 4.10. The second-order valence-electron chi connectivity index (χ2n) is 3.94. The third-order valence-corrected chi connectivity index (χ3v) is 2.28. The molecule has 0 atom stereocenters. The standard InChI is InChI=1S/C14H13N3/c1-10(2)14-13(9-16-17-14)5-4-12-6-11(3)7-15-8-12/h6-9H,1H2,2-3H3,(H,16,17). The normalized spacial score (nSPS) is 9.53.